The second-order valence-corrected chi connectivity index (χ2v) is 8.46. The van der Waals surface area contributed by atoms with E-state index in [0.717, 1.165) is 4.47 Å². The molecule has 0 aliphatic heterocycles. The fraction of sp³-hybridized carbons (Fsp3) is 0.0667. The Morgan fingerprint density at radius 2 is 1.20 bits per heavy atom. The molecule has 0 N–H and O–H groups in total. The third kappa shape index (κ3) is 3.27. The van der Waals surface area contributed by atoms with Crippen molar-refractivity contribution in [1.82, 2.24) is 0 Å². The molecule has 0 aliphatic rings. The Balaban J connectivity index is 2.32. The van der Waals surface area contributed by atoms with Crippen molar-refractivity contribution in [1.29, 1.82) is 0 Å². The lowest BCUT2D eigenvalue weighted by Gasteiger charge is -2.17. The minimum absolute atomic E-state index is 0.328. The number of carbonyl (C=O) groups excluding carboxylic acids is 2. The van der Waals surface area contributed by atoms with Crippen molar-refractivity contribution in [2.45, 2.75) is 3.23 Å². The van der Waals surface area contributed by atoms with Crippen LogP contribution in [0.2, 0.25) is 0 Å². The second-order valence-electron chi connectivity index (χ2n) is 4.11. The van der Waals surface area contributed by atoms with Gasteiger partial charge in [-0.2, -0.15) is 0 Å². The largest absolute Gasteiger partial charge is 0.291 e. The van der Waals surface area contributed by atoms with Gasteiger partial charge in [-0.05, 0) is 12.1 Å². The van der Waals surface area contributed by atoms with Crippen molar-refractivity contribution < 1.29 is 9.59 Å². The first-order valence-corrected chi connectivity index (χ1v) is 8.09. The predicted molar refractivity (Wildman–Crippen MR) is 89.8 cm³/mol. The quantitative estimate of drug-likeness (QED) is 0.365. The molecule has 0 radical (unpaired) electrons. The molecular formula is C15H9Br3O2. The molecular weight excluding hydrogens is 452 g/mol. The molecule has 2 aromatic rings. The molecule has 5 heteroatoms. The molecule has 0 spiro atoms. The highest BCUT2D eigenvalue weighted by atomic mass is 79.9. The smallest absolute Gasteiger partial charge is 0.205 e. The Bertz CT molecular complexity index is 634. The van der Waals surface area contributed by atoms with Gasteiger partial charge in [0.15, 0.2) is 11.6 Å². The molecule has 0 bridgehead atoms. The number of Topliss-reactive ketones (excluding diaryl/α,β-unsaturated/α-hetero) is 2. The van der Waals surface area contributed by atoms with E-state index >= 15 is 0 Å². The number of halogens is 3. The molecule has 0 saturated heterocycles. The molecule has 0 aliphatic carbocycles. The lowest BCUT2D eigenvalue weighted by atomic mass is 10.0. The fourth-order valence-corrected chi connectivity index (χ4v) is 2.84. The maximum absolute atomic E-state index is 12.5. The van der Waals surface area contributed by atoms with Gasteiger partial charge in [0.25, 0.3) is 0 Å². The molecule has 20 heavy (non-hydrogen) atoms. The molecule has 2 nitrogen and oxygen atoms in total. The van der Waals surface area contributed by atoms with Gasteiger partial charge in [0, 0.05) is 15.6 Å². The van der Waals surface area contributed by atoms with Crippen LogP contribution < -0.4 is 0 Å². The maximum Gasteiger partial charge on any atom is 0.205 e. The Morgan fingerprint density at radius 3 is 1.70 bits per heavy atom. The van der Waals surface area contributed by atoms with Crippen LogP contribution in [0.25, 0.3) is 0 Å². The van der Waals surface area contributed by atoms with Crippen molar-refractivity contribution in [2.24, 2.45) is 0 Å². The lowest BCUT2D eigenvalue weighted by molar-refractivity contribution is 0.0894. The van der Waals surface area contributed by atoms with Crippen molar-refractivity contribution >= 4 is 59.4 Å². The Kier molecular flexibility index (Phi) is 4.94. The molecule has 0 heterocycles. The van der Waals surface area contributed by atoms with Crippen LogP contribution in [0.1, 0.15) is 20.7 Å². The summed E-state index contributed by atoms with van der Waals surface area (Å²) in [4.78, 5) is 24.9. The van der Waals surface area contributed by atoms with Gasteiger partial charge in [-0.1, -0.05) is 90.3 Å². The van der Waals surface area contributed by atoms with Gasteiger partial charge in [0.2, 0.25) is 3.23 Å². The Labute approximate surface area is 142 Å². The number of alkyl halides is 2. The Hall–Kier alpha value is -0.780. The van der Waals surface area contributed by atoms with E-state index in [2.05, 4.69) is 47.8 Å². The number of benzene rings is 2. The summed E-state index contributed by atoms with van der Waals surface area (Å²) in [7, 11) is 0. The van der Waals surface area contributed by atoms with Gasteiger partial charge in [-0.25, -0.2) is 0 Å². The minimum Gasteiger partial charge on any atom is -0.291 e. The third-order valence-electron chi connectivity index (χ3n) is 2.71. The fourth-order valence-electron chi connectivity index (χ4n) is 1.66. The van der Waals surface area contributed by atoms with E-state index in [4.69, 9.17) is 0 Å². The zero-order chi connectivity index (χ0) is 14.8. The minimum atomic E-state index is -1.45. The van der Waals surface area contributed by atoms with E-state index in [9.17, 15) is 9.59 Å². The number of hydrogen-bond donors (Lipinski definition) is 0. The van der Waals surface area contributed by atoms with E-state index in [1.807, 2.05) is 6.07 Å². The monoisotopic (exact) mass is 458 g/mol. The van der Waals surface area contributed by atoms with Crippen LogP contribution >= 0.6 is 47.8 Å². The summed E-state index contributed by atoms with van der Waals surface area (Å²) < 4.78 is -0.576. The Morgan fingerprint density at radius 1 is 0.750 bits per heavy atom. The first-order chi connectivity index (χ1) is 9.43. The summed E-state index contributed by atoms with van der Waals surface area (Å²) in [6.07, 6.45) is 0. The van der Waals surface area contributed by atoms with Gasteiger partial charge in [0.1, 0.15) is 0 Å². The van der Waals surface area contributed by atoms with E-state index in [-0.39, 0.29) is 11.6 Å². The number of hydrogen-bond acceptors (Lipinski definition) is 2. The summed E-state index contributed by atoms with van der Waals surface area (Å²) in [5.74, 6) is -0.662. The number of ketones is 2. The highest BCUT2D eigenvalue weighted by Gasteiger charge is 2.41. The SMILES string of the molecule is O=C(c1ccccc1)C(Br)(Br)C(=O)c1ccc(Br)cc1. The van der Waals surface area contributed by atoms with Gasteiger partial charge < -0.3 is 0 Å². The van der Waals surface area contributed by atoms with Crippen molar-refractivity contribution in [3.63, 3.8) is 0 Å². The van der Waals surface area contributed by atoms with E-state index in [1.165, 1.54) is 0 Å². The van der Waals surface area contributed by atoms with Crippen LogP contribution in [-0.4, -0.2) is 14.8 Å². The van der Waals surface area contributed by atoms with Crippen LogP contribution in [0.15, 0.2) is 59.1 Å². The van der Waals surface area contributed by atoms with Crippen molar-refractivity contribution in [2.75, 3.05) is 0 Å². The molecule has 0 fully saturated rings. The lowest BCUT2D eigenvalue weighted by Crippen LogP contribution is -2.34. The van der Waals surface area contributed by atoms with Crippen molar-refractivity contribution in [3.8, 4) is 0 Å². The summed E-state index contributed by atoms with van der Waals surface area (Å²) >= 11 is 9.73. The van der Waals surface area contributed by atoms with Gasteiger partial charge in [-0.3, -0.25) is 9.59 Å². The molecule has 102 valence electrons. The molecule has 0 atom stereocenters. The third-order valence-corrected chi connectivity index (χ3v) is 4.68. The highest BCUT2D eigenvalue weighted by Crippen LogP contribution is 2.34. The van der Waals surface area contributed by atoms with Crippen molar-refractivity contribution in [3.05, 3.63) is 70.2 Å². The molecule has 0 amide bonds. The van der Waals surface area contributed by atoms with Crippen LogP contribution in [-0.2, 0) is 0 Å². The van der Waals surface area contributed by atoms with E-state index < -0.39 is 3.23 Å². The van der Waals surface area contributed by atoms with E-state index in [0.29, 0.717) is 11.1 Å². The normalized spacial score (nSPS) is 11.2. The first-order valence-electron chi connectivity index (χ1n) is 5.71. The molecule has 2 rings (SSSR count). The average Bonchev–Trinajstić information content (AvgIpc) is 2.47. The second kappa shape index (κ2) is 6.33. The first kappa shape index (κ1) is 15.6. The van der Waals surface area contributed by atoms with Crippen LogP contribution in [0.3, 0.4) is 0 Å². The van der Waals surface area contributed by atoms with Gasteiger partial charge in [-0.15, -0.1) is 0 Å². The summed E-state index contributed by atoms with van der Waals surface area (Å²) in [6, 6.07) is 15.5. The predicted octanol–water partition coefficient (Wildman–Crippen LogP) is 5.00. The molecule has 2 aromatic carbocycles. The van der Waals surface area contributed by atoms with Crippen LogP contribution in [0.4, 0.5) is 0 Å². The molecule has 0 saturated carbocycles. The molecule has 0 unspecified atom stereocenters. The zero-order valence-electron chi connectivity index (χ0n) is 10.1. The maximum atomic E-state index is 12.5. The van der Waals surface area contributed by atoms with Gasteiger partial charge >= 0.3 is 0 Å². The number of carbonyl (C=O) groups is 2. The highest BCUT2D eigenvalue weighted by molar-refractivity contribution is 9.26. The molecule has 0 aromatic heterocycles. The standard InChI is InChI=1S/C15H9Br3O2/c16-12-8-6-11(7-9-12)14(20)15(17,18)13(19)10-4-2-1-3-5-10/h1-9H. The van der Waals surface area contributed by atoms with Crippen LogP contribution in [0.5, 0.6) is 0 Å². The van der Waals surface area contributed by atoms with E-state index in [1.54, 1.807) is 48.5 Å². The topological polar surface area (TPSA) is 34.1 Å². The summed E-state index contributed by atoms with van der Waals surface area (Å²) in [5, 5.41) is 0. The average molecular weight is 461 g/mol. The van der Waals surface area contributed by atoms with Crippen LogP contribution in [0, 0.1) is 0 Å². The summed E-state index contributed by atoms with van der Waals surface area (Å²) in [5.41, 5.74) is 0.915. The number of rotatable bonds is 4. The zero-order valence-corrected chi connectivity index (χ0v) is 14.9. The van der Waals surface area contributed by atoms with Gasteiger partial charge in [0.05, 0.1) is 0 Å². The summed E-state index contributed by atoms with van der Waals surface area (Å²) in [6.45, 7) is 0.